The van der Waals surface area contributed by atoms with Crippen molar-refractivity contribution >= 4 is 38.2 Å². The number of ketones is 1. The lowest BCUT2D eigenvalue weighted by Gasteiger charge is -2.11. The van der Waals surface area contributed by atoms with Gasteiger partial charge in [0.1, 0.15) is 10.5 Å². The number of nitrogens with zero attached hydrogens (tertiary/aromatic N) is 4. The molecule has 0 spiro atoms. The van der Waals surface area contributed by atoms with Crippen LogP contribution in [0.5, 0.6) is 0 Å². The number of H-pyrrole nitrogens is 1. The van der Waals surface area contributed by atoms with Gasteiger partial charge in [0, 0.05) is 30.4 Å². The van der Waals surface area contributed by atoms with Crippen molar-refractivity contribution in [2.75, 3.05) is 4.72 Å². The highest BCUT2D eigenvalue weighted by molar-refractivity contribution is 7.92. The third kappa shape index (κ3) is 3.43. The van der Waals surface area contributed by atoms with E-state index in [-0.39, 0.29) is 27.4 Å². The highest BCUT2D eigenvalue weighted by Gasteiger charge is 2.25. The number of sulfonamides is 1. The summed E-state index contributed by atoms with van der Waals surface area (Å²) in [7, 11) is -2.53. The quantitative estimate of drug-likeness (QED) is 0.366. The van der Waals surface area contributed by atoms with Crippen molar-refractivity contribution in [3.8, 4) is 0 Å². The number of hydrogen-bond acceptors (Lipinski definition) is 5. The minimum absolute atomic E-state index is 0.0968. The first-order valence-electron chi connectivity index (χ1n) is 8.92. The molecule has 2 N–H and O–H groups in total. The molecular weight excluding hydrogens is 423 g/mol. The average Bonchev–Trinajstić information content (AvgIpc) is 3.32. The average molecular weight is 438 g/mol. The van der Waals surface area contributed by atoms with Gasteiger partial charge in [0.05, 0.1) is 29.7 Å². The van der Waals surface area contributed by atoms with E-state index in [1.54, 1.807) is 14.0 Å². The fourth-order valence-corrected chi connectivity index (χ4v) is 4.38. The number of benzene rings is 1. The van der Waals surface area contributed by atoms with E-state index in [1.165, 1.54) is 47.5 Å². The Balaban J connectivity index is 1.74. The number of fused-ring (bicyclic) bond motifs is 1. The van der Waals surface area contributed by atoms with Gasteiger partial charge >= 0.3 is 0 Å². The molecule has 9 nitrogen and oxygen atoms in total. The molecule has 4 rings (SSSR count). The lowest BCUT2D eigenvalue weighted by atomic mass is 10.0. The first-order valence-corrected chi connectivity index (χ1v) is 10.4. The summed E-state index contributed by atoms with van der Waals surface area (Å²) in [4.78, 5) is 23.1. The van der Waals surface area contributed by atoms with Gasteiger partial charge in [-0.2, -0.15) is 5.10 Å². The van der Waals surface area contributed by atoms with Gasteiger partial charge in [-0.15, -0.1) is 0 Å². The lowest BCUT2D eigenvalue weighted by Crippen LogP contribution is -2.16. The van der Waals surface area contributed by atoms with Crippen molar-refractivity contribution in [3.63, 3.8) is 0 Å². The topological polar surface area (TPSA) is 114 Å². The third-order valence-electron chi connectivity index (χ3n) is 4.86. The zero-order valence-electron chi connectivity index (χ0n) is 16.3. The summed E-state index contributed by atoms with van der Waals surface area (Å²) in [6, 6.07) is 5.34. The summed E-state index contributed by atoms with van der Waals surface area (Å²) in [5.41, 5.74) is 0.415. The number of carbonyl (C=O) groups excluding carboxylic acids is 1. The van der Waals surface area contributed by atoms with Crippen LogP contribution < -0.4 is 4.72 Å². The molecule has 0 saturated carbocycles. The monoisotopic (exact) mass is 438 g/mol. The van der Waals surface area contributed by atoms with Gasteiger partial charge in [0.15, 0.2) is 11.6 Å². The van der Waals surface area contributed by atoms with E-state index in [0.717, 1.165) is 0 Å². The van der Waals surface area contributed by atoms with E-state index < -0.39 is 21.6 Å². The van der Waals surface area contributed by atoms with Crippen LogP contribution >= 0.6 is 0 Å². The predicted molar refractivity (Wildman–Crippen MR) is 111 cm³/mol. The molecule has 11 heteroatoms. The third-order valence-corrected chi connectivity index (χ3v) is 6.33. The summed E-state index contributed by atoms with van der Waals surface area (Å²) in [6.07, 6.45) is 3.90. The zero-order chi connectivity index (χ0) is 22.3. The maximum absolute atomic E-state index is 15.2. The van der Waals surface area contributed by atoms with Crippen LogP contribution in [0, 0.1) is 19.3 Å². The van der Waals surface area contributed by atoms with Crippen LogP contribution in [0.25, 0.3) is 15.9 Å². The highest BCUT2D eigenvalue weighted by atomic mass is 32.2. The summed E-state index contributed by atoms with van der Waals surface area (Å²) in [6.45, 7) is 8.68. The molecule has 3 heterocycles. The van der Waals surface area contributed by atoms with Crippen LogP contribution in [0.3, 0.4) is 0 Å². The standard InChI is InChI=1S/C20H15FN6O3S/c1-11-17(10-25-27(11)3)31(29,30)26-16-6-4-5-13(18(16)21)19(28)15-9-24-20-14(15)7-12(22-2)8-23-20/h4-10,26H,1,3H3,(H,23,24). The van der Waals surface area contributed by atoms with Crippen LogP contribution in [0.4, 0.5) is 15.8 Å². The molecule has 0 bridgehead atoms. The number of hydrogen-bond donors (Lipinski definition) is 2. The smallest absolute Gasteiger partial charge is 0.265 e. The lowest BCUT2D eigenvalue weighted by molar-refractivity contribution is 0.103. The molecule has 0 fully saturated rings. The van der Waals surface area contributed by atoms with E-state index in [9.17, 15) is 13.2 Å². The van der Waals surface area contributed by atoms with Crippen LogP contribution in [0.15, 0.2) is 47.8 Å². The van der Waals surface area contributed by atoms with E-state index in [4.69, 9.17) is 6.57 Å². The van der Waals surface area contributed by atoms with Gasteiger partial charge < -0.3 is 4.98 Å². The van der Waals surface area contributed by atoms with Gasteiger partial charge in [0.2, 0.25) is 5.69 Å². The molecule has 0 saturated heterocycles. The van der Waals surface area contributed by atoms with Crippen LogP contribution in [0.2, 0.25) is 0 Å². The number of aryl methyl sites for hydroxylation is 1. The molecule has 1 aromatic carbocycles. The molecule has 0 unspecified atom stereocenters. The van der Waals surface area contributed by atoms with Gasteiger partial charge in [-0.05, 0) is 25.1 Å². The van der Waals surface area contributed by atoms with Crippen molar-refractivity contribution in [2.24, 2.45) is 7.05 Å². The van der Waals surface area contributed by atoms with Gasteiger partial charge in [-0.3, -0.25) is 19.2 Å². The zero-order valence-corrected chi connectivity index (χ0v) is 17.2. The Hall–Kier alpha value is -4.04. The number of aromatic nitrogens is 4. The summed E-state index contributed by atoms with van der Waals surface area (Å²) in [5, 5.41) is 4.26. The van der Waals surface area contributed by atoms with Crippen LogP contribution in [0.1, 0.15) is 21.6 Å². The fraction of sp³-hybridized carbons (Fsp3) is 0.100. The molecule has 31 heavy (non-hydrogen) atoms. The predicted octanol–water partition coefficient (Wildman–Crippen LogP) is 3.33. The first kappa shape index (κ1) is 20.2. The summed E-state index contributed by atoms with van der Waals surface area (Å²) < 4.78 is 44.1. The second kappa shape index (κ2) is 7.33. The Morgan fingerprint density at radius 1 is 1.29 bits per heavy atom. The molecule has 0 aliphatic rings. The first-order chi connectivity index (χ1) is 14.7. The number of aromatic amines is 1. The Kier molecular flexibility index (Phi) is 4.79. The Morgan fingerprint density at radius 3 is 2.74 bits per heavy atom. The summed E-state index contributed by atoms with van der Waals surface area (Å²) in [5.74, 6) is -1.69. The van der Waals surface area contributed by atoms with Gasteiger partial charge in [0.25, 0.3) is 10.0 Å². The van der Waals surface area contributed by atoms with Gasteiger partial charge in [-0.25, -0.2) is 17.7 Å². The van der Waals surface area contributed by atoms with E-state index in [2.05, 4.69) is 24.6 Å². The molecule has 0 aliphatic heterocycles. The molecule has 0 aliphatic carbocycles. The van der Waals surface area contributed by atoms with Crippen molar-refractivity contribution < 1.29 is 17.6 Å². The molecule has 0 amide bonds. The minimum atomic E-state index is -4.12. The number of rotatable bonds is 5. The maximum atomic E-state index is 15.2. The molecule has 3 aromatic heterocycles. The Morgan fingerprint density at radius 2 is 2.06 bits per heavy atom. The largest absolute Gasteiger partial charge is 0.345 e. The number of nitrogens with one attached hydrogen (secondary N) is 2. The minimum Gasteiger partial charge on any atom is -0.345 e. The number of pyridine rings is 1. The summed E-state index contributed by atoms with van der Waals surface area (Å²) >= 11 is 0. The second-order valence-electron chi connectivity index (χ2n) is 6.72. The van der Waals surface area contributed by atoms with Crippen LogP contribution in [-0.4, -0.2) is 33.9 Å². The van der Waals surface area contributed by atoms with Crippen molar-refractivity contribution in [3.05, 3.63) is 76.9 Å². The van der Waals surface area contributed by atoms with E-state index in [1.807, 2.05) is 0 Å². The molecule has 4 aromatic rings. The van der Waals surface area contributed by atoms with Crippen molar-refractivity contribution in [1.82, 2.24) is 19.7 Å². The van der Waals surface area contributed by atoms with Crippen molar-refractivity contribution in [1.29, 1.82) is 0 Å². The molecular formula is C20H15FN6O3S. The normalized spacial score (nSPS) is 11.4. The Bertz CT molecular complexity index is 1500. The number of carbonyl (C=O) groups is 1. The molecule has 156 valence electrons. The number of anilines is 1. The van der Waals surface area contributed by atoms with E-state index in [0.29, 0.717) is 16.7 Å². The Labute approximate surface area is 176 Å². The second-order valence-corrected chi connectivity index (χ2v) is 8.37. The maximum Gasteiger partial charge on any atom is 0.265 e. The van der Waals surface area contributed by atoms with Gasteiger partial charge in [-0.1, -0.05) is 6.07 Å². The highest BCUT2D eigenvalue weighted by Crippen LogP contribution is 2.28. The SMILES string of the molecule is [C-]#[N+]c1cnc2[nH]cc(C(=O)c3cccc(NS(=O)(=O)c4cnn(C)c4C)c3F)c2c1. The van der Waals surface area contributed by atoms with Crippen LogP contribution in [-0.2, 0) is 17.1 Å². The van der Waals surface area contributed by atoms with Crippen molar-refractivity contribution in [2.45, 2.75) is 11.8 Å². The number of halogens is 1. The molecule has 0 atom stereocenters. The molecule has 0 radical (unpaired) electrons. The fourth-order valence-electron chi connectivity index (χ4n) is 3.11. The van der Waals surface area contributed by atoms with E-state index >= 15 is 4.39 Å².